The van der Waals surface area contributed by atoms with Gasteiger partial charge in [0.25, 0.3) is 0 Å². The monoisotopic (exact) mass is 244 g/mol. The van der Waals surface area contributed by atoms with Crippen LogP contribution in [0.1, 0.15) is 56.1 Å². The number of rotatable bonds is 4. The topological polar surface area (TPSA) is 26.3 Å². The summed E-state index contributed by atoms with van der Waals surface area (Å²) in [6, 6.07) is 8.56. The average Bonchev–Trinajstić information content (AvgIpc) is 3.07. The van der Waals surface area contributed by atoms with Crippen molar-refractivity contribution in [2.75, 3.05) is 6.61 Å². The van der Waals surface area contributed by atoms with Crippen molar-refractivity contribution in [2.45, 2.75) is 44.9 Å². The van der Waals surface area contributed by atoms with E-state index in [-0.39, 0.29) is 11.4 Å². The van der Waals surface area contributed by atoms with Crippen molar-refractivity contribution in [3.8, 4) is 0 Å². The number of fused-ring (bicyclic) bond motifs is 3. The standard InChI is InChI=1S/C16H20O2/c1-3-7-13-11-8-5-6-9-12(11)14-10-16(13,14)15(17)18-4-2/h5-6,8-9,13-14H,3-4,7,10H2,1-2H3/t13-,14+,16+/m0/s1. The maximum absolute atomic E-state index is 12.3. The number of carbonyl (C=O) groups is 1. The van der Waals surface area contributed by atoms with Gasteiger partial charge in [0.05, 0.1) is 12.0 Å². The number of benzene rings is 1. The van der Waals surface area contributed by atoms with Gasteiger partial charge in [-0.3, -0.25) is 4.79 Å². The summed E-state index contributed by atoms with van der Waals surface area (Å²) in [7, 11) is 0. The molecule has 0 amide bonds. The Hall–Kier alpha value is -1.31. The second kappa shape index (κ2) is 4.11. The Bertz CT molecular complexity index is 480. The highest BCUT2D eigenvalue weighted by atomic mass is 16.5. The predicted molar refractivity (Wildman–Crippen MR) is 70.5 cm³/mol. The molecule has 0 aliphatic heterocycles. The van der Waals surface area contributed by atoms with Gasteiger partial charge in [-0.25, -0.2) is 0 Å². The van der Waals surface area contributed by atoms with Crippen LogP contribution in [0.4, 0.5) is 0 Å². The molecule has 1 fully saturated rings. The van der Waals surface area contributed by atoms with Gasteiger partial charge < -0.3 is 4.74 Å². The lowest BCUT2D eigenvalue weighted by atomic mass is 9.83. The first kappa shape index (κ1) is 11.8. The van der Waals surface area contributed by atoms with Crippen LogP contribution < -0.4 is 0 Å². The Morgan fingerprint density at radius 1 is 1.33 bits per heavy atom. The van der Waals surface area contributed by atoms with Crippen LogP contribution in [0.25, 0.3) is 0 Å². The van der Waals surface area contributed by atoms with Crippen molar-refractivity contribution in [3.05, 3.63) is 35.4 Å². The second-order valence-corrected chi connectivity index (χ2v) is 5.49. The van der Waals surface area contributed by atoms with Crippen LogP contribution in [0.15, 0.2) is 24.3 Å². The van der Waals surface area contributed by atoms with Crippen molar-refractivity contribution in [1.82, 2.24) is 0 Å². The van der Waals surface area contributed by atoms with Gasteiger partial charge in [-0.05, 0) is 30.9 Å². The molecule has 2 nitrogen and oxygen atoms in total. The fraction of sp³-hybridized carbons (Fsp3) is 0.562. The third kappa shape index (κ3) is 1.38. The molecular weight excluding hydrogens is 224 g/mol. The molecule has 1 saturated carbocycles. The summed E-state index contributed by atoms with van der Waals surface area (Å²) in [6.45, 7) is 4.57. The van der Waals surface area contributed by atoms with E-state index in [1.165, 1.54) is 11.1 Å². The van der Waals surface area contributed by atoms with E-state index >= 15 is 0 Å². The largest absolute Gasteiger partial charge is 0.466 e. The second-order valence-electron chi connectivity index (χ2n) is 5.49. The van der Waals surface area contributed by atoms with Crippen molar-refractivity contribution in [3.63, 3.8) is 0 Å². The molecule has 0 unspecified atom stereocenters. The zero-order chi connectivity index (χ0) is 12.8. The molecule has 0 N–H and O–H groups in total. The van der Waals surface area contributed by atoms with Gasteiger partial charge in [-0.2, -0.15) is 0 Å². The lowest BCUT2D eigenvalue weighted by Gasteiger charge is -2.22. The van der Waals surface area contributed by atoms with E-state index in [0.29, 0.717) is 18.4 Å². The number of hydrogen-bond donors (Lipinski definition) is 0. The maximum atomic E-state index is 12.3. The molecule has 0 spiro atoms. The molecule has 2 aliphatic rings. The molecule has 3 rings (SSSR count). The lowest BCUT2D eigenvalue weighted by molar-refractivity contribution is -0.150. The fourth-order valence-corrected chi connectivity index (χ4v) is 3.81. The molecule has 0 radical (unpaired) electrons. The van der Waals surface area contributed by atoms with Crippen molar-refractivity contribution >= 4 is 5.97 Å². The summed E-state index contributed by atoms with van der Waals surface area (Å²) < 4.78 is 5.34. The summed E-state index contributed by atoms with van der Waals surface area (Å²) in [5.74, 6) is 0.830. The van der Waals surface area contributed by atoms with Gasteiger partial charge in [0.1, 0.15) is 0 Å². The summed E-state index contributed by atoms with van der Waals surface area (Å²) in [4.78, 5) is 12.3. The Labute approximate surface area is 108 Å². The normalized spacial score (nSPS) is 31.7. The summed E-state index contributed by atoms with van der Waals surface area (Å²) in [5.41, 5.74) is 2.57. The third-order valence-corrected chi connectivity index (χ3v) is 4.61. The molecular formula is C16H20O2. The molecule has 1 aromatic rings. The van der Waals surface area contributed by atoms with Crippen molar-refractivity contribution in [2.24, 2.45) is 5.41 Å². The van der Waals surface area contributed by atoms with Gasteiger partial charge in [0.15, 0.2) is 0 Å². The minimum Gasteiger partial charge on any atom is -0.466 e. The maximum Gasteiger partial charge on any atom is 0.313 e. The van der Waals surface area contributed by atoms with Crippen molar-refractivity contribution < 1.29 is 9.53 Å². The molecule has 0 heterocycles. The first-order valence-electron chi connectivity index (χ1n) is 7.01. The minimum absolute atomic E-state index is 0.0321. The molecule has 0 bridgehead atoms. The summed E-state index contributed by atoms with van der Waals surface area (Å²) in [5, 5.41) is 0. The quantitative estimate of drug-likeness (QED) is 0.756. The van der Waals surface area contributed by atoms with Crippen LogP contribution in [-0.2, 0) is 9.53 Å². The number of esters is 1. The predicted octanol–water partition coefficient (Wildman–Crippen LogP) is 3.62. The first-order valence-corrected chi connectivity index (χ1v) is 7.01. The van der Waals surface area contributed by atoms with Crippen molar-refractivity contribution in [1.29, 1.82) is 0 Å². The highest BCUT2D eigenvalue weighted by Crippen LogP contribution is 2.73. The molecule has 1 aromatic carbocycles. The lowest BCUT2D eigenvalue weighted by Crippen LogP contribution is -2.25. The Balaban J connectivity index is 1.98. The smallest absolute Gasteiger partial charge is 0.313 e. The minimum atomic E-state index is -0.213. The van der Waals surface area contributed by atoms with Crippen LogP contribution in [-0.4, -0.2) is 12.6 Å². The molecule has 18 heavy (non-hydrogen) atoms. The first-order chi connectivity index (χ1) is 8.75. The van der Waals surface area contributed by atoms with Crippen LogP contribution in [0.2, 0.25) is 0 Å². The van der Waals surface area contributed by atoms with E-state index in [0.717, 1.165) is 19.3 Å². The van der Waals surface area contributed by atoms with E-state index < -0.39 is 0 Å². The van der Waals surface area contributed by atoms with E-state index in [1.807, 2.05) is 6.92 Å². The number of ether oxygens (including phenoxy) is 1. The van der Waals surface area contributed by atoms with Crippen LogP contribution in [0.3, 0.4) is 0 Å². The Morgan fingerprint density at radius 3 is 2.72 bits per heavy atom. The molecule has 2 aliphatic carbocycles. The average molecular weight is 244 g/mol. The highest BCUT2D eigenvalue weighted by molar-refractivity contribution is 5.86. The molecule has 0 aromatic heterocycles. The zero-order valence-electron chi connectivity index (χ0n) is 11.1. The third-order valence-electron chi connectivity index (χ3n) is 4.61. The Kier molecular flexibility index (Phi) is 2.69. The number of hydrogen-bond acceptors (Lipinski definition) is 2. The van der Waals surface area contributed by atoms with Gasteiger partial charge in [0.2, 0.25) is 0 Å². The summed E-state index contributed by atoms with van der Waals surface area (Å²) >= 11 is 0. The SMILES string of the molecule is CCC[C@H]1c2ccccc2[C@H]2C[C@]21C(=O)OCC. The highest BCUT2D eigenvalue weighted by Gasteiger charge is 2.70. The van der Waals surface area contributed by atoms with Gasteiger partial charge in [0, 0.05) is 11.8 Å². The van der Waals surface area contributed by atoms with E-state index in [1.54, 1.807) is 0 Å². The van der Waals surface area contributed by atoms with Crippen LogP contribution >= 0.6 is 0 Å². The molecule has 3 atom stereocenters. The van der Waals surface area contributed by atoms with E-state index in [9.17, 15) is 4.79 Å². The van der Waals surface area contributed by atoms with Crippen LogP contribution in [0, 0.1) is 5.41 Å². The fourth-order valence-electron chi connectivity index (χ4n) is 3.81. The zero-order valence-corrected chi connectivity index (χ0v) is 11.1. The summed E-state index contributed by atoms with van der Waals surface area (Å²) in [6.07, 6.45) is 3.20. The molecule has 2 heteroatoms. The molecule has 0 saturated heterocycles. The van der Waals surface area contributed by atoms with E-state index in [4.69, 9.17) is 4.74 Å². The van der Waals surface area contributed by atoms with E-state index in [2.05, 4.69) is 31.2 Å². The van der Waals surface area contributed by atoms with Gasteiger partial charge in [-0.1, -0.05) is 37.6 Å². The molecule has 96 valence electrons. The van der Waals surface area contributed by atoms with Gasteiger partial charge >= 0.3 is 5.97 Å². The van der Waals surface area contributed by atoms with Crippen LogP contribution in [0.5, 0.6) is 0 Å². The Morgan fingerprint density at radius 2 is 2.06 bits per heavy atom. The number of carbonyl (C=O) groups excluding carboxylic acids is 1. The van der Waals surface area contributed by atoms with Gasteiger partial charge in [-0.15, -0.1) is 0 Å².